The molecule has 3 rings (SSSR count). The van der Waals surface area contributed by atoms with Crippen LogP contribution < -0.4 is 5.32 Å². The van der Waals surface area contributed by atoms with Gasteiger partial charge in [0.25, 0.3) is 0 Å². The summed E-state index contributed by atoms with van der Waals surface area (Å²) in [6, 6.07) is 15.1. The van der Waals surface area contributed by atoms with Gasteiger partial charge >= 0.3 is 0 Å². The average Bonchev–Trinajstić information content (AvgIpc) is 3.07. The first kappa shape index (κ1) is 17.4. The Morgan fingerprint density at radius 3 is 2.84 bits per heavy atom. The number of halogens is 1. The normalized spacial score (nSPS) is 10.6. The predicted octanol–water partition coefficient (Wildman–Crippen LogP) is 3.75. The lowest BCUT2D eigenvalue weighted by Gasteiger charge is -2.08. The molecule has 3 aromatic rings. The van der Waals surface area contributed by atoms with E-state index in [-0.39, 0.29) is 5.91 Å². The standard InChI is InChI=1S/C17H16ClN5OS/c1-12-7-8-13(18)11-15(12)19-16(24)9-10-25-17-20-21-22-23(17)14-5-3-2-4-6-14/h2-8,11H,9-10H2,1H3,(H,19,24). The van der Waals surface area contributed by atoms with Crippen LogP contribution in [0.2, 0.25) is 5.02 Å². The number of nitrogens with zero attached hydrogens (tertiary/aromatic N) is 4. The zero-order chi connectivity index (χ0) is 17.6. The Hall–Kier alpha value is -2.38. The maximum atomic E-state index is 12.1. The highest BCUT2D eigenvalue weighted by Crippen LogP contribution is 2.22. The van der Waals surface area contributed by atoms with E-state index >= 15 is 0 Å². The molecule has 25 heavy (non-hydrogen) atoms. The zero-order valence-corrected chi connectivity index (χ0v) is 15.1. The smallest absolute Gasteiger partial charge is 0.225 e. The Morgan fingerprint density at radius 1 is 1.24 bits per heavy atom. The first-order valence-electron chi connectivity index (χ1n) is 7.66. The Labute approximate surface area is 154 Å². The zero-order valence-electron chi connectivity index (χ0n) is 13.5. The van der Waals surface area contributed by atoms with Crippen molar-refractivity contribution in [2.45, 2.75) is 18.5 Å². The molecule has 2 aromatic carbocycles. The number of tetrazole rings is 1. The van der Waals surface area contributed by atoms with Gasteiger partial charge in [-0.25, -0.2) is 0 Å². The molecule has 0 aliphatic heterocycles. The van der Waals surface area contributed by atoms with Crippen molar-refractivity contribution in [1.29, 1.82) is 0 Å². The second kappa shape index (κ2) is 8.13. The SMILES string of the molecule is Cc1ccc(Cl)cc1NC(=O)CCSc1nnnn1-c1ccccc1. The predicted molar refractivity (Wildman–Crippen MR) is 99.3 cm³/mol. The molecule has 0 bridgehead atoms. The van der Waals surface area contributed by atoms with E-state index in [1.54, 1.807) is 16.8 Å². The molecule has 0 saturated carbocycles. The molecule has 1 N–H and O–H groups in total. The van der Waals surface area contributed by atoms with Crippen LogP contribution in [-0.4, -0.2) is 31.9 Å². The second-order valence-corrected chi connectivity index (χ2v) is 6.81. The summed E-state index contributed by atoms with van der Waals surface area (Å²) in [4.78, 5) is 12.1. The van der Waals surface area contributed by atoms with Gasteiger partial charge in [0.05, 0.1) is 5.69 Å². The Kier molecular flexibility index (Phi) is 5.67. The first-order chi connectivity index (χ1) is 12.1. The van der Waals surface area contributed by atoms with E-state index < -0.39 is 0 Å². The highest BCUT2D eigenvalue weighted by Gasteiger charge is 2.11. The molecule has 0 radical (unpaired) electrons. The van der Waals surface area contributed by atoms with Crippen molar-refractivity contribution in [2.75, 3.05) is 11.1 Å². The summed E-state index contributed by atoms with van der Waals surface area (Å²) in [7, 11) is 0. The minimum absolute atomic E-state index is 0.0726. The number of amides is 1. The summed E-state index contributed by atoms with van der Waals surface area (Å²) in [6.45, 7) is 1.93. The van der Waals surface area contributed by atoms with E-state index in [2.05, 4.69) is 20.8 Å². The molecule has 0 aliphatic carbocycles. The summed E-state index contributed by atoms with van der Waals surface area (Å²) < 4.78 is 1.66. The quantitative estimate of drug-likeness (QED) is 0.666. The van der Waals surface area contributed by atoms with Crippen LogP contribution in [0.15, 0.2) is 53.7 Å². The van der Waals surface area contributed by atoms with Gasteiger partial charge in [-0.05, 0) is 47.2 Å². The van der Waals surface area contributed by atoms with E-state index in [1.807, 2.05) is 43.3 Å². The van der Waals surface area contributed by atoms with Crippen molar-refractivity contribution in [3.05, 3.63) is 59.1 Å². The number of rotatable bonds is 6. The molecule has 6 nitrogen and oxygen atoms in total. The van der Waals surface area contributed by atoms with Gasteiger partial charge in [-0.3, -0.25) is 4.79 Å². The summed E-state index contributed by atoms with van der Waals surface area (Å²) in [5.74, 6) is 0.496. The molecule has 0 aliphatic rings. The van der Waals surface area contributed by atoms with Crippen molar-refractivity contribution < 1.29 is 4.79 Å². The van der Waals surface area contributed by atoms with Gasteiger partial charge in [-0.15, -0.1) is 5.10 Å². The van der Waals surface area contributed by atoms with Crippen LogP contribution in [-0.2, 0) is 4.79 Å². The first-order valence-corrected chi connectivity index (χ1v) is 9.02. The third-order valence-corrected chi connectivity index (χ3v) is 4.63. The Balaban J connectivity index is 1.56. The van der Waals surface area contributed by atoms with Crippen LogP contribution in [0.1, 0.15) is 12.0 Å². The van der Waals surface area contributed by atoms with Gasteiger partial charge in [0, 0.05) is 22.9 Å². The highest BCUT2D eigenvalue weighted by atomic mass is 35.5. The molecule has 0 atom stereocenters. The van der Waals surface area contributed by atoms with Crippen LogP contribution in [0.5, 0.6) is 0 Å². The number of aryl methyl sites for hydroxylation is 1. The second-order valence-electron chi connectivity index (χ2n) is 5.31. The number of benzene rings is 2. The average molecular weight is 374 g/mol. The van der Waals surface area contributed by atoms with Crippen LogP contribution >= 0.6 is 23.4 Å². The van der Waals surface area contributed by atoms with E-state index in [0.29, 0.717) is 22.4 Å². The van der Waals surface area contributed by atoms with Crippen LogP contribution in [0.4, 0.5) is 5.69 Å². The fourth-order valence-corrected chi connectivity index (χ4v) is 3.18. The fourth-order valence-electron chi connectivity index (χ4n) is 2.18. The number of carbonyl (C=O) groups is 1. The maximum absolute atomic E-state index is 12.1. The summed E-state index contributed by atoms with van der Waals surface area (Å²) >= 11 is 7.40. The molecular weight excluding hydrogens is 358 g/mol. The van der Waals surface area contributed by atoms with Gasteiger partial charge in [0.2, 0.25) is 11.1 Å². The number of nitrogens with one attached hydrogen (secondary N) is 1. The molecule has 0 fully saturated rings. The number of anilines is 1. The number of para-hydroxylation sites is 1. The lowest BCUT2D eigenvalue weighted by atomic mass is 10.2. The molecule has 0 spiro atoms. The van der Waals surface area contributed by atoms with Gasteiger partial charge in [0.1, 0.15) is 0 Å². The molecule has 128 valence electrons. The molecular formula is C17H16ClN5OS. The van der Waals surface area contributed by atoms with E-state index in [9.17, 15) is 4.79 Å². The number of hydrogen-bond acceptors (Lipinski definition) is 5. The number of carbonyl (C=O) groups excluding carboxylic acids is 1. The van der Waals surface area contributed by atoms with E-state index in [4.69, 9.17) is 11.6 Å². The van der Waals surface area contributed by atoms with Crippen molar-refractivity contribution in [2.24, 2.45) is 0 Å². The molecule has 1 amide bonds. The minimum atomic E-state index is -0.0726. The molecule has 1 aromatic heterocycles. The third-order valence-electron chi connectivity index (χ3n) is 3.48. The van der Waals surface area contributed by atoms with Crippen LogP contribution in [0.25, 0.3) is 5.69 Å². The van der Waals surface area contributed by atoms with Crippen molar-refractivity contribution >= 4 is 35.0 Å². The van der Waals surface area contributed by atoms with E-state index in [0.717, 1.165) is 16.9 Å². The van der Waals surface area contributed by atoms with Crippen molar-refractivity contribution in [1.82, 2.24) is 20.2 Å². The van der Waals surface area contributed by atoms with Crippen LogP contribution in [0, 0.1) is 6.92 Å². The lowest BCUT2D eigenvalue weighted by Crippen LogP contribution is -2.13. The third kappa shape index (κ3) is 4.58. The monoisotopic (exact) mass is 373 g/mol. The largest absolute Gasteiger partial charge is 0.326 e. The lowest BCUT2D eigenvalue weighted by molar-refractivity contribution is -0.115. The number of thioether (sulfide) groups is 1. The molecule has 8 heteroatoms. The van der Waals surface area contributed by atoms with Crippen LogP contribution in [0.3, 0.4) is 0 Å². The van der Waals surface area contributed by atoms with Gasteiger partial charge in [0.15, 0.2) is 0 Å². The maximum Gasteiger partial charge on any atom is 0.225 e. The Morgan fingerprint density at radius 2 is 2.04 bits per heavy atom. The highest BCUT2D eigenvalue weighted by molar-refractivity contribution is 7.99. The molecule has 0 saturated heterocycles. The summed E-state index contributed by atoms with van der Waals surface area (Å²) in [5, 5.41) is 15.8. The topological polar surface area (TPSA) is 72.7 Å². The number of hydrogen-bond donors (Lipinski definition) is 1. The Bertz CT molecular complexity index is 868. The minimum Gasteiger partial charge on any atom is -0.326 e. The van der Waals surface area contributed by atoms with Gasteiger partial charge < -0.3 is 5.32 Å². The fraction of sp³-hybridized carbons (Fsp3) is 0.176. The molecule has 0 unspecified atom stereocenters. The van der Waals surface area contributed by atoms with Gasteiger partial charge in [-0.1, -0.05) is 47.6 Å². The van der Waals surface area contributed by atoms with Crippen molar-refractivity contribution in [3.63, 3.8) is 0 Å². The van der Waals surface area contributed by atoms with Crippen molar-refractivity contribution in [3.8, 4) is 5.69 Å². The summed E-state index contributed by atoms with van der Waals surface area (Å²) in [5.41, 5.74) is 2.59. The number of aromatic nitrogens is 4. The van der Waals surface area contributed by atoms with Gasteiger partial charge in [-0.2, -0.15) is 4.68 Å². The van der Waals surface area contributed by atoms with E-state index in [1.165, 1.54) is 11.8 Å². The molecule has 1 heterocycles. The summed E-state index contributed by atoms with van der Waals surface area (Å²) in [6.07, 6.45) is 0.346.